The quantitative estimate of drug-likeness (QED) is 0.574. The zero-order valence-corrected chi connectivity index (χ0v) is 19.5. The summed E-state index contributed by atoms with van der Waals surface area (Å²) < 4.78 is 5.41. The van der Waals surface area contributed by atoms with Crippen LogP contribution in [0.5, 0.6) is 0 Å². The third-order valence-corrected chi connectivity index (χ3v) is 5.55. The van der Waals surface area contributed by atoms with Crippen molar-refractivity contribution < 1.29 is 29.1 Å². The molecule has 0 spiro atoms. The van der Waals surface area contributed by atoms with E-state index in [2.05, 4.69) is 10.8 Å². The summed E-state index contributed by atoms with van der Waals surface area (Å²) in [5, 5.41) is 13.0. The molecule has 2 fully saturated rings. The molecule has 0 aliphatic carbocycles. The van der Waals surface area contributed by atoms with Gasteiger partial charge in [0.05, 0.1) is 19.3 Å². The van der Waals surface area contributed by atoms with Crippen molar-refractivity contribution in [3.05, 3.63) is 35.9 Å². The Hall–Kier alpha value is -2.85. The predicted molar refractivity (Wildman–Crippen MR) is 120 cm³/mol. The lowest BCUT2D eigenvalue weighted by atomic mass is 9.99. The second kappa shape index (κ2) is 10.8. The molecule has 10 heteroatoms. The highest BCUT2D eigenvalue weighted by atomic mass is 16.7. The molecule has 2 heterocycles. The maximum Gasteiger partial charge on any atom is 0.411 e. The fourth-order valence-electron chi connectivity index (χ4n) is 3.93. The van der Waals surface area contributed by atoms with Crippen LogP contribution in [-0.2, 0) is 21.0 Å². The lowest BCUT2D eigenvalue weighted by Crippen LogP contribution is -2.57. The van der Waals surface area contributed by atoms with E-state index in [0.717, 1.165) is 5.56 Å². The monoisotopic (exact) mass is 462 g/mol. The fourth-order valence-corrected chi connectivity index (χ4v) is 3.93. The van der Waals surface area contributed by atoms with Crippen LogP contribution in [0.4, 0.5) is 9.59 Å². The molecule has 0 radical (unpaired) electrons. The smallest absolute Gasteiger partial charge is 0.411 e. The largest absolute Gasteiger partial charge is 0.444 e. The fraction of sp³-hybridized carbons (Fsp3) is 0.609. The van der Waals surface area contributed by atoms with E-state index < -0.39 is 23.8 Å². The third kappa shape index (κ3) is 7.33. The molecule has 2 aliphatic heterocycles. The number of β-amino-alcohol motifs (C(OH)–C–C–N with tert-alkyl or cyclic N) is 1. The average molecular weight is 463 g/mol. The van der Waals surface area contributed by atoms with Crippen molar-refractivity contribution in [3.8, 4) is 0 Å². The van der Waals surface area contributed by atoms with Gasteiger partial charge in [0.15, 0.2) is 0 Å². The highest BCUT2D eigenvalue weighted by molar-refractivity contribution is 5.86. The van der Waals surface area contributed by atoms with E-state index in [4.69, 9.17) is 9.57 Å². The SMILES string of the molecule is CC(C)(C)OC(=O)N1C[C@@H](O)CC[C@H]1C(=O)NC1CCN(C(=O)NOCc2ccccc2)C1. The number of rotatable bonds is 5. The molecule has 0 saturated carbocycles. The second-order valence-electron chi connectivity index (χ2n) is 9.50. The van der Waals surface area contributed by atoms with Crippen molar-refractivity contribution in [2.75, 3.05) is 19.6 Å². The van der Waals surface area contributed by atoms with Crippen LogP contribution in [0.15, 0.2) is 30.3 Å². The maximum absolute atomic E-state index is 13.0. The molecule has 3 N–H and O–H groups in total. The van der Waals surface area contributed by atoms with E-state index in [-0.39, 0.29) is 31.1 Å². The molecule has 33 heavy (non-hydrogen) atoms. The number of urea groups is 1. The van der Waals surface area contributed by atoms with Crippen LogP contribution in [0.1, 0.15) is 45.6 Å². The lowest BCUT2D eigenvalue weighted by Gasteiger charge is -2.38. The molecule has 182 valence electrons. The Balaban J connectivity index is 1.48. The summed E-state index contributed by atoms with van der Waals surface area (Å²) in [6, 6.07) is 8.18. The van der Waals surface area contributed by atoms with Gasteiger partial charge in [-0.05, 0) is 45.6 Å². The van der Waals surface area contributed by atoms with E-state index in [1.54, 1.807) is 25.7 Å². The van der Waals surface area contributed by atoms with Crippen molar-refractivity contribution in [1.29, 1.82) is 0 Å². The third-order valence-electron chi connectivity index (χ3n) is 5.55. The molecule has 10 nitrogen and oxygen atoms in total. The Bertz CT molecular complexity index is 828. The number of hydrogen-bond donors (Lipinski definition) is 3. The molecule has 0 aromatic heterocycles. The van der Waals surface area contributed by atoms with Gasteiger partial charge in [0, 0.05) is 19.1 Å². The van der Waals surface area contributed by atoms with Gasteiger partial charge in [-0.25, -0.2) is 15.1 Å². The minimum absolute atomic E-state index is 0.0466. The summed E-state index contributed by atoms with van der Waals surface area (Å²) >= 11 is 0. The van der Waals surface area contributed by atoms with Gasteiger partial charge in [-0.1, -0.05) is 30.3 Å². The van der Waals surface area contributed by atoms with Crippen LogP contribution >= 0.6 is 0 Å². The van der Waals surface area contributed by atoms with Gasteiger partial charge in [0.1, 0.15) is 11.6 Å². The van der Waals surface area contributed by atoms with Crippen LogP contribution in [-0.4, -0.2) is 76.4 Å². The molecule has 2 aliphatic rings. The first kappa shape index (κ1) is 24.8. The number of likely N-dealkylation sites (tertiary alicyclic amines) is 2. The predicted octanol–water partition coefficient (Wildman–Crippen LogP) is 1.78. The first-order valence-electron chi connectivity index (χ1n) is 11.3. The Morgan fingerprint density at radius 3 is 2.52 bits per heavy atom. The molecular formula is C23H34N4O6. The summed E-state index contributed by atoms with van der Waals surface area (Å²) in [6.45, 7) is 6.38. The number of aliphatic hydroxyl groups excluding tert-OH is 1. The Morgan fingerprint density at radius 1 is 1.09 bits per heavy atom. The molecule has 3 rings (SSSR count). The number of hydroxylamine groups is 1. The minimum Gasteiger partial charge on any atom is -0.444 e. The van der Waals surface area contributed by atoms with Crippen LogP contribution in [0, 0.1) is 0 Å². The Morgan fingerprint density at radius 2 is 1.82 bits per heavy atom. The van der Waals surface area contributed by atoms with Gasteiger partial charge >= 0.3 is 12.1 Å². The first-order chi connectivity index (χ1) is 15.6. The van der Waals surface area contributed by atoms with Crippen LogP contribution in [0.25, 0.3) is 0 Å². The molecule has 4 amide bonds. The summed E-state index contributed by atoms with van der Waals surface area (Å²) in [5.74, 6) is -0.305. The molecular weight excluding hydrogens is 428 g/mol. The van der Waals surface area contributed by atoms with Crippen molar-refractivity contribution in [3.63, 3.8) is 0 Å². The van der Waals surface area contributed by atoms with E-state index in [1.807, 2.05) is 30.3 Å². The van der Waals surface area contributed by atoms with Crippen LogP contribution in [0.3, 0.4) is 0 Å². The number of nitrogens with zero attached hydrogens (tertiary/aromatic N) is 2. The normalized spacial score (nSPS) is 23.2. The van der Waals surface area contributed by atoms with Crippen molar-refractivity contribution in [2.45, 2.75) is 70.4 Å². The number of hydrogen-bond acceptors (Lipinski definition) is 6. The van der Waals surface area contributed by atoms with Gasteiger partial charge in [0.25, 0.3) is 0 Å². The lowest BCUT2D eigenvalue weighted by molar-refractivity contribution is -0.129. The Labute approximate surface area is 194 Å². The van der Waals surface area contributed by atoms with Crippen LogP contribution in [0.2, 0.25) is 0 Å². The average Bonchev–Trinajstić information content (AvgIpc) is 3.21. The van der Waals surface area contributed by atoms with Crippen molar-refractivity contribution in [1.82, 2.24) is 20.6 Å². The number of benzene rings is 1. The van der Waals surface area contributed by atoms with E-state index in [1.165, 1.54) is 4.90 Å². The molecule has 0 bridgehead atoms. The number of carbonyl (C=O) groups is 3. The molecule has 1 unspecified atom stereocenters. The van der Waals surface area contributed by atoms with E-state index in [9.17, 15) is 19.5 Å². The van der Waals surface area contributed by atoms with Crippen LogP contribution < -0.4 is 10.8 Å². The van der Waals surface area contributed by atoms with Gasteiger partial charge in [-0.2, -0.15) is 0 Å². The number of ether oxygens (including phenoxy) is 1. The zero-order valence-electron chi connectivity index (χ0n) is 19.5. The van der Waals surface area contributed by atoms with Crippen molar-refractivity contribution in [2.24, 2.45) is 0 Å². The molecule has 3 atom stereocenters. The van der Waals surface area contributed by atoms with E-state index >= 15 is 0 Å². The summed E-state index contributed by atoms with van der Waals surface area (Å²) in [6.07, 6.45) is 0.0540. The minimum atomic E-state index is -0.722. The number of nitrogens with one attached hydrogen (secondary N) is 2. The number of aliphatic hydroxyl groups is 1. The van der Waals surface area contributed by atoms with Crippen molar-refractivity contribution >= 4 is 18.0 Å². The van der Waals surface area contributed by atoms with E-state index in [0.29, 0.717) is 32.4 Å². The number of carbonyl (C=O) groups excluding carboxylic acids is 3. The molecule has 1 aromatic carbocycles. The second-order valence-corrected chi connectivity index (χ2v) is 9.50. The molecule has 2 saturated heterocycles. The van der Waals surface area contributed by atoms with Gasteiger partial charge < -0.3 is 20.1 Å². The maximum atomic E-state index is 13.0. The highest BCUT2D eigenvalue weighted by Crippen LogP contribution is 2.22. The molecule has 1 aromatic rings. The van der Waals surface area contributed by atoms with Gasteiger partial charge in [0.2, 0.25) is 5.91 Å². The summed E-state index contributed by atoms with van der Waals surface area (Å²) in [4.78, 5) is 46.1. The van der Waals surface area contributed by atoms with Gasteiger partial charge in [-0.3, -0.25) is 14.5 Å². The Kier molecular flexibility index (Phi) is 8.15. The zero-order chi connectivity index (χ0) is 24.0. The van der Waals surface area contributed by atoms with Gasteiger partial charge in [-0.15, -0.1) is 0 Å². The topological polar surface area (TPSA) is 120 Å². The standard InChI is InChI=1S/C23H34N4O6/c1-23(2,3)33-22(31)27-14-18(28)9-10-19(27)20(29)24-17-11-12-26(13-17)21(30)25-32-15-16-7-5-4-6-8-16/h4-8,17-19,28H,9-15H2,1-3H3,(H,24,29)(H,25,30)/t17?,18-,19-/m0/s1. The number of piperidine rings is 1. The number of amides is 4. The summed E-state index contributed by atoms with van der Waals surface area (Å²) in [7, 11) is 0. The highest BCUT2D eigenvalue weighted by Gasteiger charge is 2.39. The first-order valence-corrected chi connectivity index (χ1v) is 11.3. The summed E-state index contributed by atoms with van der Waals surface area (Å²) in [5.41, 5.74) is 2.67.